The maximum Gasteiger partial charge on any atom is 0.107 e. The van der Waals surface area contributed by atoms with Crippen LogP contribution in [-0.2, 0) is 4.52 Å². The van der Waals surface area contributed by atoms with Gasteiger partial charge in [0.15, 0.2) is 0 Å². The van der Waals surface area contributed by atoms with E-state index in [9.17, 15) is 9.79 Å². The molecule has 0 radical (unpaired) electrons. The van der Waals surface area contributed by atoms with Crippen molar-refractivity contribution in [2.75, 3.05) is 6.61 Å². The summed E-state index contributed by atoms with van der Waals surface area (Å²) in [5.41, 5.74) is 0. The molecule has 0 bridgehead atoms. The van der Waals surface area contributed by atoms with Crippen molar-refractivity contribution >= 4 is 31.8 Å². The molecule has 6 heteroatoms. The molecule has 0 heterocycles. The van der Waals surface area contributed by atoms with Crippen molar-refractivity contribution in [3.8, 4) is 0 Å². The first-order chi connectivity index (χ1) is 9.63. The molecule has 0 unspecified atom stereocenters. The van der Waals surface area contributed by atoms with Crippen LogP contribution in [0.1, 0.15) is 77.0 Å². The van der Waals surface area contributed by atoms with Crippen LogP contribution in [0.15, 0.2) is 0 Å². The van der Waals surface area contributed by atoms with Crippen molar-refractivity contribution in [2.24, 2.45) is 0 Å². The molecule has 0 aliphatic rings. The van der Waals surface area contributed by atoms with E-state index in [0.29, 0.717) is 6.61 Å². The van der Waals surface area contributed by atoms with Gasteiger partial charge in [-0.1, -0.05) is 64.2 Å². The zero-order valence-electron chi connectivity index (χ0n) is 12.2. The molecular formula is C14H27Cl2O3P-2. The molecule has 0 aromatic rings. The van der Waals surface area contributed by atoms with Gasteiger partial charge in [0.25, 0.3) is 0 Å². The summed E-state index contributed by atoms with van der Waals surface area (Å²) >= 11 is 11.3. The maximum atomic E-state index is 10.1. The van der Waals surface area contributed by atoms with Crippen molar-refractivity contribution < 1.29 is 14.3 Å². The van der Waals surface area contributed by atoms with Gasteiger partial charge >= 0.3 is 0 Å². The Labute approximate surface area is 135 Å². The molecule has 0 atom stereocenters. The van der Waals surface area contributed by atoms with Crippen molar-refractivity contribution in [2.45, 2.75) is 81.9 Å². The van der Waals surface area contributed by atoms with Gasteiger partial charge in [-0.25, -0.2) is 0 Å². The monoisotopic (exact) mass is 344 g/mol. The molecule has 0 saturated heterocycles. The first kappa shape index (κ1) is 20.9. The number of hydrogen-bond donors (Lipinski definition) is 0. The molecule has 3 nitrogen and oxygen atoms in total. The Morgan fingerprint density at radius 2 is 1.10 bits per heavy atom. The molecule has 0 saturated carbocycles. The molecule has 0 amide bonds. The summed E-state index contributed by atoms with van der Waals surface area (Å²) in [4.78, 5) is 20.1. The van der Waals surface area contributed by atoms with Gasteiger partial charge in [-0.15, -0.1) is 23.2 Å². The summed E-state index contributed by atoms with van der Waals surface area (Å²) in [6, 6.07) is 0. The number of alkyl halides is 2. The highest BCUT2D eigenvalue weighted by atomic mass is 35.5. The zero-order chi connectivity index (χ0) is 15.1. The van der Waals surface area contributed by atoms with Crippen molar-refractivity contribution in [1.29, 1.82) is 0 Å². The largest absolute Gasteiger partial charge is 0.820 e. The first-order valence-corrected chi connectivity index (χ1v) is 9.65. The predicted molar refractivity (Wildman–Crippen MR) is 83.8 cm³/mol. The van der Waals surface area contributed by atoms with Gasteiger partial charge in [0.1, 0.15) is 4.84 Å². The van der Waals surface area contributed by atoms with Gasteiger partial charge < -0.3 is 14.3 Å². The smallest absolute Gasteiger partial charge is 0.107 e. The van der Waals surface area contributed by atoms with Crippen LogP contribution >= 0.6 is 31.8 Å². The van der Waals surface area contributed by atoms with Gasteiger partial charge in [0.2, 0.25) is 0 Å². The molecule has 0 aliphatic carbocycles. The topological polar surface area (TPSA) is 55.3 Å². The van der Waals surface area contributed by atoms with E-state index in [4.69, 9.17) is 23.2 Å². The lowest BCUT2D eigenvalue weighted by Crippen LogP contribution is -2.11. The van der Waals surface area contributed by atoms with E-state index in [0.717, 1.165) is 25.7 Å². The van der Waals surface area contributed by atoms with Gasteiger partial charge in [0, 0.05) is 6.61 Å². The Hall–Kier alpha value is 0.890. The van der Waals surface area contributed by atoms with E-state index in [1.807, 2.05) is 0 Å². The van der Waals surface area contributed by atoms with Crippen LogP contribution in [-0.4, -0.2) is 11.4 Å². The van der Waals surface area contributed by atoms with E-state index in [1.54, 1.807) is 0 Å². The molecule has 122 valence electrons. The minimum absolute atomic E-state index is 0.199. The van der Waals surface area contributed by atoms with E-state index < -0.39 is 8.60 Å². The Morgan fingerprint density at radius 3 is 1.50 bits per heavy atom. The summed E-state index contributed by atoms with van der Waals surface area (Å²) in [7, 11) is -2.66. The minimum atomic E-state index is -2.66. The summed E-state index contributed by atoms with van der Waals surface area (Å²) in [6.07, 6.45) is 14.1. The summed E-state index contributed by atoms with van der Waals surface area (Å²) in [5.74, 6) is 0. The van der Waals surface area contributed by atoms with Crippen LogP contribution in [0.5, 0.6) is 0 Å². The van der Waals surface area contributed by atoms with E-state index in [-0.39, 0.29) is 4.84 Å². The highest BCUT2D eigenvalue weighted by molar-refractivity contribution is 7.36. The van der Waals surface area contributed by atoms with E-state index >= 15 is 0 Å². The molecule has 0 aliphatic heterocycles. The molecule has 0 rings (SSSR count). The SMILES string of the molecule is [O-]P([O-])OCCCCCCCCCCCCCC(Cl)Cl. The summed E-state index contributed by atoms with van der Waals surface area (Å²) < 4.78 is 4.49. The molecule has 0 aromatic heterocycles. The Bertz CT molecular complexity index is 175. The highest BCUT2D eigenvalue weighted by Gasteiger charge is 1.98. The van der Waals surface area contributed by atoms with Crippen molar-refractivity contribution in [3.05, 3.63) is 0 Å². The Morgan fingerprint density at radius 1 is 0.700 bits per heavy atom. The summed E-state index contributed by atoms with van der Waals surface area (Å²) in [5, 5.41) is 0. The van der Waals surface area contributed by atoms with Crippen LogP contribution in [0.2, 0.25) is 0 Å². The molecule has 0 spiro atoms. The Kier molecular flexibility index (Phi) is 17.0. The third kappa shape index (κ3) is 18.9. The van der Waals surface area contributed by atoms with Gasteiger partial charge in [-0.2, -0.15) is 8.60 Å². The highest BCUT2D eigenvalue weighted by Crippen LogP contribution is 2.16. The minimum Gasteiger partial charge on any atom is -0.820 e. The number of unbranched alkanes of at least 4 members (excludes halogenated alkanes) is 10. The van der Waals surface area contributed by atoms with E-state index in [1.165, 1.54) is 51.4 Å². The fourth-order valence-corrected chi connectivity index (χ4v) is 2.72. The van der Waals surface area contributed by atoms with Gasteiger partial charge in [-0.05, 0) is 12.8 Å². The van der Waals surface area contributed by atoms with Crippen molar-refractivity contribution in [3.63, 3.8) is 0 Å². The fraction of sp³-hybridized carbons (Fsp3) is 1.00. The third-order valence-electron chi connectivity index (χ3n) is 3.26. The molecule has 20 heavy (non-hydrogen) atoms. The Balaban J connectivity index is 2.96. The second kappa shape index (κ2) is 16.3. The predicted octanol–water partition coefficient (Wildman–Crippen LogP) is 4.44. The average molecular weight is 345 g/mol. The van der Waals surface area contributed by atoms with Crippen LogP contribution < -0.4 is 9.79 Å². The third-order valence-corrected chi connectivity index (χ3v) is 4.09. The second-order valence-electron chi connectivity index (χ2n) is 5.13. The normalized spacial score (nSPS) is 11.7. The van der Waals surface area contributed by atoms with Crippen LogP contribution in [0.25, 0.3) is 0 Å². The fourth-order valence-electron chi connectivity index (χ4n) is 2.13. The lowest BCUT2D eigenvalue weighted by molar-refractivity contribution is -0.318. The lowest BCUT2D eigenvalue weighted by Gasteiger charge is -2.28. The molecule has 0 fully saturated rings. The quantitative estimate of drug-likeness (QED) is 0.251. The van der Waals surface area contributed by atoms with Gasteiger partial charge in [-0.3, -0.25) is 0 Å². The lowest BCUT2D eigenvalue weighted by atomic mass is 10.1. The number of hydrogen-bond acceptors (Lipinski definition) is 3. The van der Waals surface area contributed by atoms with Crippen molar-refractivity contribution in [1.82, 2.24) is 0 Å². The average Bonchev–Trinajstić information content (AvgIpc) is 2.38. The molecule has 0 N–H and O–H groups in total. The molecule has 0 aromatic carbocycles. The van der Waals surface area contributed by atoms with Gasteiger partial charge in [0.05, 0.1) is 0 Å². The van der Waals surface area contributed by atoms with Crippen LogP contribution in [0.3, 0.4) is 0 Å². The maximum absolute atomic E-state index is 10.1. The summed E-state index contributed by atoms with van der Waals surface area (Å²) in [6.45, 7) is 0.337. The standard InChI is InChI=1S/C14H27Cl2O3P/c15-14(16)12-10-8-6-4-2-1-3-5-7-9-11-13-19-20(17)18/h14H,1-13H2/q-2. The zero-order valence-corrected chi connectivity index (χ0v) is 14.6. The number of rotatable bonds is 15. The molecular weight excluding hydrogens is 318 g/mol. The van der Waals surface area contributed by atoms with Crippen LogP contribution in [0.4, 0.5) is 0 Å². The number of halogens is 2. The first-order valence-electron chi connectivity index (χ1n) is 7.68. The van der Waals surface area contributed by atoms with Crippen LogP contribution in [0, 0.1) is 0 Å². The van der Waals surface area contributed by atoms with E-state index in [2.05, 4.69) is 4.52 Å². The second-order valence-corrected chi connectivity index (χ2v) is 7.11.